The molecule has 11 rings (SSSR count). The zero-order valence-electron chi connectivity index (χ0n) is 30.1. The standard InChI is InChI=1S/C51H31N3OS/c1-4-13-32(14-5-1)33-23-25-36(26-24-33)50-52-49(35-17-8-3-9-18-35)53-51(54-50)41-20-12-21-44-47(41)42-31-37(27-30-43(42)55-44)38-28-29-40-39-19-10-11-22-45(39)56-48(40)46(38)34-15-6-2-7-16-34/h1-31H. The van der Waals surface area contributed by atoms with Crippen molar-refractivity contribution in [3.05, 3.63) is 188 Å². The van der Waals surface area contributed by atoms with Gasteiger partial charge in [-0.2, -0.15) is 0 Å². The SMILES string of the molecule is c1ccc(-c2ccc(-c3nc(-c4ccccc4)nc(-c4cccc5oc6ccc(-c7ccc8c(sc9ccccc98)c7-c7ccccc7)cc6c45)n3)cc2)cc1. The van der Waals surface area contributed by atoms with E-state index in [9.17, 15) is 0 Å². The largest absolute Gasteiger partial charge is 0.456 e. The van der Waals surface area contributed by atoms with E-state index in [4.69, 9.17) is 19.4 Å². The average molecular weight is 734 g/mol. The summed E-state index contributed by atoms with van der Waals surface area (Å²) in [5.41, 5.74) is 11.4. The van der Waals surface area contributed by atoms with E-state index in [0.717, 1.165) is 55.3 Å². The molecule has 0 aliphatic carbocycles. The van der Waals surface area contributed by atoms with Crippen LogP contribution < -0.4 is 0 Å². The maximum Gasteiger partial charge on any atom is 0.164 e. The molecule has 0 saturated heterocycles. The Hall–Kier alpha value is -7.21. The van der Waals surface area contributed by atoms with Gasteiger partial charge < -0.3 is 4.42 Å². The molecule has 0 saturated carbocycles. The molecular weight excluding hydrogens is 703 g/mol. The van der Waals surface area contributed by atoms with E-state index >= 15 is 0 Å². The number of thiophene rings is 1. The molecule has 3 aromatic heterocycles. The molecule has 4 nitrogen and oxygen atoms in total. The van der Waals surface area contributed by atoms with Crippen molar-refractivity contribution in [2.75, 3.05) is 0 Å². The van der Waals surface area contributed by atoms with Crippen LogP contribution in [0.15, 0.2) is 192 Å². The molecule has 0 amide bonds. The predicted octanol–water partition coefficient (Wildman–Crippen LogP) is 14.1. The van der Waals surface area contributed by atoms with Crippen LogP contribution in [0.2, 0.25) is 0 Å². The Morgan fingerprint density at radius 3 is 1.70 bits per heavy atom. The van der Waals surface area contributed by atoms with Crippen LogP contribution in [0.3, 0.4) is 0 Å². The van der Waals surface area contributed by atoms with Crippen molar-refractivity contribution >= 4 is 53.4 Å². The first-order valence-electron chi connectivity index (χ1n) is 18.7. The lowest BCUT2D eigenvalue weighted by Gasteiger charge is -2.13. The molecule has 0 fully saturated rings. The molecule has 0 radical (unpaired) electrons. The molecule has 8 aromatic carbocycles. The topological polar surface area (TPSA) is 51.8 Å². The number of rotatable bonds is 6. The van der Waals surface area contributed by atoms with Gasteiger partial charge in [0.05, 0.1) is 0 Å². The highest BCUT2D eigenvalue weighted by Gasteiger charge is 2.20. The van der Waals surface area contributed by atoms with Gasteiger partial charge >= 0.3 is 0 Å². The predicted molar refractivity (Wildman–Crippen MR) is 233 cm³/mol. The quantitative estimate of drug-likeness (QED) is 0.171. The van der Waals surface area contributed by atoms with Crippen LogP contribution in [-0.2, 0) is 0 Å². The minimum Gasteiger partial charge on any atom is -0.456 e. The number of hydrogen-bond donors (Lipinski definition) is 0. The van der Waals surface area contributed by atoms with E-state index in [2.05, 4.69) is 140 Å². The molecular formula is C51H31N3OS. The number of fused-ring (bicyclic) bond motifs is 6. The van der Waals surface area contributed by atoms with E-state index in [-0.39, 0.29) is 0 Å². The van der Waals surface area contributed by atoms with E-state index in [1.165, 1.54) is 36.9 Å². The first-order chi connectivity index (χ1) is 27.7. The number of aromatic nitrogens is 3. The van der Waals surface area contributed by atoms with Crippen molar-refractivity contribution < 1.29 is 4.42 Å². The van der Waals surface area contributed by atoms with E-state index in [1.807, 2.05) is 59.9 Å². The number of hydrogen-bond acceptors (Lipinski definition) is 5. The lowest BCUT2D eigenvalue weighted by molar-refractivity contribution is 0.669. The summed E-state index contributed by atoms with van der Waals surface area (Å²) in [4.78, 5) is 15.3. The second-order valence-electron chi connectivity index (χ2n) is 13.9. The van der Waals surface area contributed by atoms with Crippen LogP contribution in [0.4, 0.5) is 0 Å². The Kier molecular flexibility index (Phi) is 7.64. The molecule has 0 N–H and O–H groups in total. The second kappa shape index (κ2) is 13.3. The average Bonchev–Trinajstić information content (AvgIpc) is 3.85. The number of furan rings is 1. The molecule has 0 atom stereocenters. The van der Waals surface area contributed by atoms with Gasteiger partial charge in [-0.3, -0.25) is 0 Å². The molecule has 262 valence electrons. The molecule has 0 aliphatic heterocycles. The Labute approximate surface area is 327 Å². The maximum atomic E-state index is 6.55. The van der Waals surface area contributed by atoms with Crippen molar-refractivity contribution in [1.82, 2.24) is 15.0 Å². The van der Waals surface area contributed by atoms with Crippen LogP contribution in [-0.4, -0.2) is 15.0 Å². The van der Waals surface area contributed by atoms with E-state index in [1.54, 1.807) is 0 Å². The van der Waals surface area contributed by atoms with Gasteiger partial charge in [-0.05, 0) is 52.1 Å². The van der Waals surface area contributed by atoms with Gasteiger partial charge in [-0.1, -0.05) is 164 Å². The fourth-order valence-corrected chi connectivity index (χ4v) is 9.16. The lowest BCUT2D eigenvalue weighted by atomic mass is 9.92. The summed E-state index contributed by atoms with van der Waals surface area (Å²) < 4.78 is 9.12. The fourth-order valence-electron chi connectivity index (χ4n) is 7.89. The number of nitrogens with zero attached hydrogens (tertiary/aromatic N) is 3. The lowest BCUT2D eigenvalue weighted by Crippen LogP contribution is -2.00. The maximum absolute atomic E-state index is 6.55. The molecule has 0 spiro atoms. The Morgan fingerprint density at radius 1 is 0.357 bits per heavy atom. The van der Waals surface area contributed by atoms with Gasteiger partial charge in [0.25, 0.3) is 0 Å². The highest BCUT2D eigenvalue weighted by atomic mass is 32.1. The van der Waals surface area contributed by atoms with Gasteiger partial charge in [0.1, 0.15) is 11.2 Å². The third-order valence-corrected chi connectivity index (χ3v) is 11.8. The third kappa shape index (κ3) is 5.48. The minimum atomic E-state index is 0.594. The summed E-state index contributed by atoms with van der Waals surface area (Å²) >= 11 is 1.86. The summed E-state index contributed by atoms with van der Waals surface area (Å²) in [5.74, 6) is 1.83. The molecule has 5 heteroatoms. The normalized spacial score (nSPS) is 11.6. The molecule has 0 bridgehead atoms. The molecule has 3 heterocycles. The van der Waals surface area contributed by atoms with Crippen molar-refractivity contribution in [2.24, 2.45) is 0 Å². The summed E-state index contributed by atoms with van der Waals surface area (Å²) in [5, 5.41) is 4.55. The number of benzene rings is 8. The Morgan fingerprint density at radius 2 is 0.946 bits per heavy atom. The summed E-state index contributed by atoms with van der Waals surface area (Å²) in [6, 6.07) is 65.6. The van der Waals surface area contributed by atoms with Crippen LogP contribution in [0.25, 0.3) is 110 Å². The summed E-state index contributed by atoms with van der Waals surface area (Å²) in [6.45, 7) is 0. The van der Waals surface area contributed by atoms with Crippen LogP contribution >= 0.6 is 11.3 Å². The Bertz CT molecular complexity index is 3230. The van der Waals surface area contributed by atoms with Gasteiger partial charge in [-0.25, -0.2) is 15.0 Å². The van der Waals surface area contributed by atoms with Gasteiger partial charge in [0.2, 0.25) is 0 Å². The molecule has 11 aromatic rings. The first-order valence-corrected chi connectivity index (χ1v) is 19.5. The first kappa shape index (κ1) is 32.2. The highest BCUT2D eigenvalue weighted by molar-refractivity contribution is 7.26. The van der Waals surface area contributed by atoms with Crippen LogP contribution in [0.1, 0.15) is 0 Å². The minimum absolute atomic E-state index is 0.594. The second-order valence-corrected chi connectivity index (χ2v) is 15.0. The molecule has 0 aliphatic rings. The fraction of sp³-hybridized carbons (Fsp3) is 0. The molecule has 56 heavy (non-hydrogen) atoms. The van der Waals surface area contributed by atoms with Crippen molar-refractivity contribution in [2.45, 2.75) is 0 Å². The van der Waals surface area contributed by atoms with Gasteiger partial charge in [0.15, 0.2) is 17.5 Å². The third-order valence-electron chi connectivity index (χ3n) is 10.6. The van der Waals surface area contributed by atoms with Crippen molar-refractivity contribution in [3.63, 3.8) is 0 Å². The van der Waals surface area contributed by atoms with E-state index < -0.39 is 0 Å². The zero-order valence-corrected chi connectivity index (χ0v) is 30.9. The van der Waals surface area contributed by atoms with E-state index in [0.29, 0.717) is 17.5 Å². The van der Waals surface area contributed by atoms with Crippen molar-refractivity contribution in [3.8, 4) is 67.5 Å². The zero-order chi connectivity index (χ0) is 37.0. The van der Waals surface area contributed by atoms with Gasteiger partial charge in [-0.15, -0.1) is 11.3 Å². The van der Waals surface area contributed by atoms with Crippen molar-refractivity contribution in [1.29, 1.82) is 0 Å². The Balaban J connectivity index is 1.11. The highest BCUT2D eigenvalue weighted by Crippen LogP contribution is 2.46. The summed E-state index contributed by atoms with van der Waals surface area (Å²) in [7, 11) is 0. The van der Waals surface area contributed by atoms with Gasteiger partial charge in [0, 0.05) is 53.2 Å². The molecule has 0 unspecified atom stereocenters. The van der Waals surface area contributed by atoms with Crippen LogP contribution in [0.5, 0.6) is 0 Å². The summed E-state index contributed by atoms with van der Waals surface area (Å²) in [6.07, 6.45) is 0. The van der Waals surface area contributed by atoms with Crippen LogP contribution in [0, 0.1) is 0 Å². The smallest absolute Gasteiger partial charge is 0.164 e. The monoisotopic (exact) mass is 733 g/mol.